The summed E-state index contributed by atoms with van der Waals surface area (Å²) in [6.45, 7) is 2.27. The Balaban J connectivity index is 2.39. The van der Waals surface area contributed by atoms with Crippen molar-refractivity contribution in [2.75, 3.05) is 6.61 Å². The van der Waals surface area contributed by atoms with Crippen molar-refractivity contribution >= 4 is 5.69 Å². The molecule has 2 unspecified atom stereocenters. The molecule has 0 aromatic heterocycles. The van der Waals surface area contributed by atoms with Crippen molar-refractivity contribution in [3.63, 3.8) is 0 Å². The lowest BCUT2D eigenvalue weighted by Crippen LogP contribution is -2.24. The van der Waals surface area contributed by atoms with Crippen molar-refractivity contribution in [3.8, 4) is 0 Å². The topological polar surface area (TPSA) is 72.6 Å². The van der Waals surface area contributed by atoms with Crippen molar-refractivity contribution in [3.05, 3.63) is 39.4 Å². The lowest BCUT2D eigenvalue weighted by molar-refractivity contribution is -0.386. The predicted octanol–water partition coefficient (Wildman–Crippen LogP) is 2.12. The first kappa shape index (κ1) is 12.0. The number of aliphatic hydroxyl groups excluding tert-OH is 1. The van der Waals surface area contributed by atoms with Gasteiger partial charge < -0.3 is 9.84 Å². The molecule has 0 radical (unpaired) electrons. The Labute approximate surface area is 99.2 Å². The van der Waals surface area contributed by atoms with Gasteiger partial charge in [-0.1, -0.05) is 12.1 Å². The van der Waals surface area contributed by atoms with Crippen LogP contribution in [0.2, 0.25) is 0 Å². The number of hydrogen-bond acceptors (Lipinski definition) is 4. The number of benzene rings is 1. The third-order valence-electron chi connectivity index (χ3n) is 3.08. The van der Waals surface area contributed by atoms with Gasteiger partial charge in [0, 0.05) is 19.1 Å². The second-order valence-electron chi connectivity index (χ2n) is 4.30. The van der Waals surface area contributed by atoms with Gasteiger partial charge in [-0.15, -0.1) is 0 Å². The average Bonchev–Trinajstić information content (AvgIpc) is 2.28. The molecule has 1 aliphatic heterocycles. The van der Waals surface area contributed by atoms with E-state index < -0.39 is 11.0 Å². The van der Waals surface area contributed by atoms with Gasteiger partial charge in [0.15, 0.2) is 0 Å². The quantitative estimate of drug-likeness (QED) is 0.631. The molecule has 2 atom stereocenters. The zero-order chi connectivity index (χ0) is 12.4. The Morgan fingerprint density at radius 2 is 2.29 bits per heavy atom. The molecule has 1 heterocycles. The first-order valence-electron chi connectivity index (χ1n) is 5.63. The van der Waals surface area contributed by atoms with Gasteiger partial charge in [-0.3, -0.25) is 10.1 Å². The van der Waals surface area contributed by atoms with E-state index in [1.54, 1.807) is 6.07 Å². The van der Waals surface area contributed by atoms with Crippen LogP contribution in [0.5, 0.6) is 0 Å². The fraction of sp³-hybridized carbons (Fsp3) is 0.500. The highest BCUT2D eigenvalue weighted by Gasteiger charge is 2.29. The monoisotopic (exact) mass is 237 g/mol. The number of hydrogen-bond donors (Lipinski definition) is 1. The molecule has 1 aromatic carbocycles. The Morgan fingerprint density at radius 3 is 2.94 bits per heavy atom. The molecule has 1 N–H and O–H groups in total. The molecule has 5 nitrogen and oxygen atoms in total. The third-order valence-corrected chi connectivity index (χ3v) is 3.08. The van der Waals surface area contributed by atoms with Crippen LogP contribution in [0.3, 0.4) is 0 Å². The zero-order valence-electron chi connectivity index (χ0n) is 9.63. The average molecular weight is 237 g/mol. The molecule has 92 valence electrons. The molecule has 0 spiro atoms. The summed E-state index contributed by atoms with van der Waals surface area (Å²) in [5.74, 6) is 0. The number of aryl methyl sites for hydroxylation is 1. The van der Waals surface area contributed by atoms with Crippen LogP contribution in [0.1, 0.15) is 30.1 Å². The molecule has 5 heteroatoms. The molecule has 0 bridgehead atoms. The highest BCUT2D eigenvalue weighted by molar-refractivity contribution is 5.46. The third kappa shape index (κ3) is 2.45. The van der Waals surface area contributed by atoms with Gasteiger partial charge in [0.25, 0.3) is 5.69 Å². The van der Waals surface area contributed by atoms with Crippen LogP contribution in [-0.4, -0.2) is 22.7 Å². The molecule has 0 aliphatic carbocycles. The van der Waals surface area contributed by atoms with Crippen molar-refractivity contribution in [1.29, 1.82) is 0 Å². The molecule has 1 fully saturated rings. The fourth-order valence-corrected chi connectivity index (χ4v) is 2.22. The van der Waals surface area contributed by atoms with E-state index in [9.17, 15) is 15.2 Å². The Bertz CT molecular complexity index is 433. The van der Waals surface area contributed by atoms with E-state index in [1.165, 1.54) is 6.07 Å². The number of nitro benzene ring substituents is 1. The van der Waals surface area contributed by atoms with E-state index in [-0.39, 0.29) is 11.8 Å². The van der Waals surface area contributed by atoms with E-state index in [0.29, 0.717) is 25.0 Å². The summed E-state index contributed by atoms with van der Waals surface area (Å²) >= 11 is 0. The number of ether oxygens (including phenoxy) is 1. The first-order valence-corrected chi connectivity index (χ1v) is 5.63. The smallest absolute Gasteiger partial charge is 0.275 e. The maximum atomic E-state index is 11.0. The zero-order valence-corrected chi connectivity index (χ0v) is 9.63. The highest BCUT2D eigenvalue weighted by Crippen LogP contribution is 2.35. The fourth-order valence-electron chi connectivity index (χ4n) is 2.22. The molecule has 1 aliphatic rings. The summed E-state index contributed by atoms with van der Waals surface area (Å²) in [7, 11) is 0. The molecular formula is C12H15NO4. The van der Waals surface area contributed by atoms with Crippen molar-refractivity contribution < 1.29 is 14.8 Å². The van der Waals surface area contributed by atoms with Crippen LogP contribution >= 0.6 is 0 Å². The van der Waals surface area contributed by atoms with Crippen LogP contribution in [0, 0.1) is 17.0 Å². The van der Waals surface area contributed by atoms with E-state index >= 15 is 0 Å². The van der Waals surface area contributed by atoms with Crippen molar-refractivity contribution in [2.24, 2.45) is 0 Å². The summed E-state index contributed by atoms with van der Waals surface area (Å²) in [6.07, 6.45) is 0.204. The maximum Gasteiger partial charge on any atom is 0.275 e. The summed E-state index contributed by atoms with van der Waals surface area (Å²) in [6, 6.07) is 4.97. The maximum absolute atomic E-state index is 11.0. The molecule has 17 heavy (non-hydrogen) atoms. The Morgan fingerprint density at radius 1 is 1.53 bits per heavy atom. The number of aliphatic hydroxyl groups is 1. The van der Waals surface area contributed by atoms with Gasteiger partial charge in [0.2, 0.25) is 0 Å². The summed E-state index contributed by atoms with van der Waals surface area (Å²) in [4.78, 5) is 10.6. The van der Waals surface area contributed by atoms with Crippen LogP contribution in [0.15, 0.2) is 18.2 Å². The highest BCUT2D eigenvalue weighted by atomic mass is 16.6. The SMILES string of the molecule is Cc1cccc([N+](=O)[O-])c1C1CC(O)CCO1. The largest absolute Gasteiger partial charge is 0.393 e. The van der Waals surface area contributed by atoms with E-state index in [4.69, 9.17) is 4.74 Å². The van der Waals surface area contributed by atoms with Crippen LogP contribution < -0.4 is 0 Å². The van der Waals surface area contributed by atoms with E-state index in [2.05, 4.69) is 0 Å². The molecule has 0 amide bonds. The van der Waals surface area contributed by atoms with Gasteiger partial charge in [0.1, 0.15) is 0 Å². The summed E-state index contributed by atoms with van der Waals surface area (Å²) < 4.78 is 5.54. The van der Waals surface area contributed by atoms with Gasteiger partial charge >= 0.3 is 0 Å². The predicted molar refractivity (Wildman–Crippen MR) is 61.8 cm³/mol. The molecule has 1 saturated heterocycles. The molecule has 1 aromatic rings. The van der Waals surface area contributed by atoms with Crippen LogP contribution in [-0.2, 0) is 4.74 Å². The molecule has 0 saturated carbocycles. The summed E-state index contributed by atoms with van der Waals surface area (Å²) in [5.41, 5.74) is 1.50. The second kappa shape index (κ2) is 4.81. The first-order chi connectivity index (χ1) is 8.09. The number of nitro groups is 1. The lowest BCUT2D eigenvalue weighted by atomic mass is 9.94. The van der Waals surface area contributed by atoms with Crippen molar-refractivity contribution in [1.82, 2.24) is 0 Å². The second-order valence-corrected chi connectivity index (χ2v) is 4.30. The number of nitrogens with zero attached hydrogens (tertiary/aromatic N) is 1. The molecular weight excluding hydrogens is 222 g/mol. The van der Waals surface area contributed by atoms with Gasteiger partial charge in [-0.2, -0.15) is 0 Å². The minimum atomic E-state index is -0.437. The van der Waals surface area contributed by atoms with E-state index in [1.807, 2.05) is 13.0 Å². The van der Waals surface area contributed by atoms with Crippen LogP contribution in [0.25, 0.3) is 0 Å². The van der Waals surface area contributed by atoms with Crippen molar-refractivity contribution in [2.45, 2.75) is 32.0 Å². The minimum absolute atomic E-state index is 0.0732. The Kier molecular flexibility index (Phi) is 3.40. The van der Waals surface area contributed by atoms with Crippen LogP contribution in [0.4, 0.5) is 5.69 Å². The minimum Gasteiger partial charge on any atom is -0.393 e. The summed E-state index contributed by atoms with van der Waals surface area (Å²) in [5, 5.41) is 20.6. The molecule has 2 rings (SSSR count). The number of rotatable bonds is 2. The standard InChI is InChI=1S/C12H15NO4/c1-8-3-2-4-10(13(15)16)12(8)11-7-9(14)5-6-17-11/h2-4,9,11,14H,5-7H2,1H3. The van der Waals surface area contributed by atoms with Gasteiger partial charge in [-0.05, 0) is 18.9 Å². The Hall–Kier alpha value is -1.46. The van der Waals surface area contributed by atoms with Gasteiger partial charge in [0.05, 0.1) is 22.7 Å². The van der Waals surface area contributed by atoms with Gasteiger partial charge in [-0.25, -0.2) is 0 Å². The van der Waals surface area contributed by atoms with E-state index in [0.717, 1.165) is 5.56 Å². The lowest BCUT2D eigenvalue weighted by Gasteiger charge is -2.27. The normalized spacial score (nSPS) is 24.6.